The monoisotopic (exact) mass is 419 g/mol. The fourth-order valence-electron chi connectivity index (χ4n) is 3.54. The molecule has 0 amide bonds. The third-order valence-corrected chi connectivity index (χ3v) is 5.40. The largest absolute Gasteiger partial charge is 0.493 e. The van der Waals surface area contributed by atoms with E-state index in [-0.39, 0.29) is 12.4 Å². The Morgan fingerprint density at radius 1 is 1.21 bits per heavy atom. The highest BCUT2D eigenvalue weighted by Crippen LogP contribution is 2.28. The second-order valence-corrected chi connectivity index (χ2v) is 7.74. The summed E-state index contributed by atoms with van der Waals surface area (Å²) in [7, 11) is 1.53. The Balaban J connectivity index is 1.47. The van der Waals surface area contributed by atoms with Crippen molar-refractivity contribution in [2.24, 2.45) is 0 Å². The van der Waals surface area contributed by atoms with Crippen LogP contribution in [0.3, 0.4) is 0 Å². The molecule has 6 nitrogen and oxygen atoms in total. The third-order valence-electron chi connectivity index (χ3n) is 5.17. The van der Waals surface area contributed by atoms with Gasteiger partial charge in [-0.05, 0) is 43.3 Å². The van der Waals surface area contributed by atoms with E-state index >= 15 is 0 Å². The molecule has 2 aromatic carbocycles. The Bertz CT molecular complexity index is 837. The molecule has 1 heterocycles. The third kappa shape index (κ3) is 5.85. The summed E-state index contributed by atoms with van der Waals surface area (Å²) in [5.74, 6) is 0.986. The minimum absolute atomic E-state index is 0.0320. The predicted molar refractivity (Wildman–Crippen MR) is 114 cm³/mol. The second kappa shape index (κ2) is 9.96. The number of nitrogens with zero attached hydrogens (tertiary/aromatic N) is 1. The maximum absolute atomic E-state index is 11.5. The number of piperazine rings is 1. The van der Waals surface area contributed by atoms with Crippen LogP contribution in [0.5, 0.6) is 11.5 Å². The van der Waals surface area contributed by atoms with E-state index in [1.54, 1.807) is 18.2 Å². The van der Waals surface area contributed by atoms with E-state index < -0.39 is 6.10 Å². The van der Waals surface area contributed by atoms with Gasteiger partial charge in [0.25, 0.3) is 0 Å². The number of hydrogen-bond acceptors (Lipinski definition) is 5. The van der Waals surface area contributed by atoms with Crippen LogP contribution in [-0.2, 0) is 0 Å². The first-order valence-electron chi connectivity index (χ1n) is 9.80. The standard InChI is InChI=1S/C22H27ClN2O4/c1-16(26)17-6-7-21(22(12-17)28-2)29-15-20(27)14-24-8-10-25(11-9-24)19-5-3-4-18(23)13-19/h3-7,12-13,20,27H,8-11,14-15H2,1-2H3/p+1/t20-/m0/s1. The van der Waals surface area contributed by atoms with Crippen LogP contribution in [0.25, 0.3) is 0 Å². The number of ketones is 1. The van der Waals surface area contributed by atoms with Crippen molar-refractivity contribution in [2.75, 3.05) is 51.3 Å². The van der Waals surface area contributed by atoms with E-state index in [4.69, 9.17) is 21.1 Å². The highest BCUT2D eigenvalue weighted by Gasteiger charge is 2.23. The van der Waals surface area contributed by atoms with Crippen LogP contribution in [0, 0.1) is 0 Å². The fourth-order valence-corrected chi connectivity index (χ4v) is 3.73. The summed E-state index contributed by atoms with van der Waals surface area (Å²) in [6, 6.07) is 13.0. The van der Waals surface area contributed by atoms with Crippen molar-refractivity contribution < 1.29 is 24.3 Å². The summed E-state index contributed by atoms with van der Waals surface area (Å²) >= 11 is 6.09. The van der Waals surface area contributed by atoms with E-state index in [9.17, 15) is 9.90 Å². The number of Topliss-reactive ketones (excluding diaryl/α,β-unsaturated/α-hetero) is 1. The van der Waals surface area contributed by atoms with E-state index in [1.165, 1.54) is 18.9 Å². The van der Waals surface area contributed by atoms with Crippen LogP contribution in [0.15, 0.2) is 42.5 Å². The Morgan fingerprint density at radius 3 is 2.62 bits per heavy atom. The quantitative estimate of drug-likeness (QED) is 0.638. The van der Waals surface area contributed by atoms with Crippen molar-refractivity contribution in [2.45, 2.75) is 13.0 Å². The van der Waals surface area contributed by atoms with Crippen LogP contribution in [-0.4, -0.2) is 63.4 Å². The SMILES string of the molecule is COc1cc(C(C)=O)ccc1OC[C@@H](O)C[NH+]1CCN(c2cccc(Cl)c2)CC1. The topological polar surface area (TPSA) is 63.4 Å². The van der Waals surface area contributed by atoms with Crippen LogP contribution >= 0.6 is 11.6 Å². The number of ether oxygens (including phenoxy) is 2. The van der Waals surface area contributed by atoms with Crippen LogP contribution in [0.1, 0.15) is 17.3 Å². The number of benzene rings is 2. The predicted octanol–water partition coefficient (Wildman–Crippen LogP) is 1.70. The Labute approximate surface area is 176 Å². The van der Waals surface area contributed by atoms with Gasteiger partial charge in [-0.15, -0.1) is 0 Å². The van der Waals surface area contributed by atoms with E-state index in [0.29, 0.717) is 23.6 Å². The smallest absolute Gasteiger partial charge is 0.161 e. The molecule has 7 heteroatoms. The van der Waals surface area contributed by atoms with Crippen LogP contribution in [0.2, 0.25) is 5.02 Å². The summed E-state index contributed by atoms with van der Waals surface area (Å²) in [6.45, 7) is 6.04. The molecule has 2 N–H and O–H groups in total. The second-order valence-electron chi connectivity index (χ2n) is 7.31. The number of aliphatic hydroxyl groups is 1. The highest BCUT2D eigenvalue weighted by molar-refractivity contribution is 6.30. The van der Waals surface area contributed by atoms with Crippen molar-refractivity contribution in [3.05, 3.63) is 53.1 Å². The molecule has 0 saturated carbocycles. The molecule has 0 aromatic heterocycles. The van der Waals surface area contributed by atoms with Gasteiger partial charge < -0.3 is 24.4 Å². The van der Waals surface area contributed by atoms with Crippen molar-refractivity contribution in [3.63, 3.8) is 0 Å². The number of nitrogens with one attached hydrogen (secondary N) is 1. The zero-order valence-electron chi connectivity index (χ0n) is 16.9. The van der Waals surface area contributed by atoms with E-state index in [1.807, 2.05) is 18.2 Å². The van der Waals surface area contributed by atoms with Crippen molar-refractivity contribution in [1.29, 1.82) is 0 Å². The lowest BCUT2D eigenvalue weighted by atomic mass is 10.1. The molecule has 2 aromatic rings. The maximum Gasteiger partial charge on any atom is 0.161 e. The molecule has 0 bridgehead atoms. The summed E-state index contributed by atoms with van der Waals surface area (Å²) in [5.41, 5.74) is 1.71. The highest BCUT2D eigenvalue weighted by atomic mass is 35.5. The number of anilines is 1. The maximum atomic E-state index is 11.5. The number of rotatable bonds is 8. The average Bonchev–Trinajstić information content (AvgIpc) is 2.72. The molecule has 156 valence electrons. The van der Waals surface area contributed by atoms with Gasteiger partial charge >= 0.3 is 0 Å². The minimum Gasteiger partial charge on any atom is -0.493 e. The number of methoxy groups -OCH3 is 1. The summed E-state index contributed by atoms with van der Waals surface area (Å²) < 4.78 is 11.0. The zero-order valence-corrected chi connectivity index (χ0v) is 17.6. The van der Waals surface area contributed by atoms with Crippen molar-refractivity contribution in [3.8, 4) is 11.5 Å². The molecular formula is C22H28ClN2O4+. The molecule has 0 spiro atoms. The van der Waals surface area contributed by atoms with Gasteiger partial charge in [0.15, 0.2) is 17.3 Å². The van der Waals surface area contributed by atoms with Gasteiger partial charge in [-0.1, -0.05) is 17.7 Å². The van der Waals surface area contributed by atoms with Gasteiger partial charge in [-0.3, -0.25) is 4.79 Å². The molecule has 0 aliphatic carbocycles. The Kier molecular flexibility index (Phi) is 7.36. The lowest BCUT2D eigenvalue weighted by Gasteiger charge is -2.34. The van der Waals surface area contributed by atoms with Gasteiger partial charge in [0.1, 0.15) is 19.3 Å². The number of quaternary nitrogens is 1. The fraction of sp³-hybridized carbons (Fsp3) is 0.409. The first-order valence-corrected chi connectivity index (χ1v) is 10.2. The lowest BCUT2D eigenvalue weighted by Crippen LogP contribution is -3.16. The number of halogens is 1. The van der Waals surface area contributed by atoms with Gasteiger partial charge in [0, 0.05) is 16.3 Å². The van der Waals surface area contributed by atoms with Gasteiger partial charge in [-0.2, -0.15) is 0 Å². The molecule has 3 rings (SSSR count). The normalized spacial score (nSPS) is 15.8. The van der Waals surface area contributed by atoms with Crippen molar-refractivity contribution >= 4 is 23.1 Å². The Morgan fingerprint density at radius 2 is 1.97 bits per heavy atom. The van der Waals surface area contributed by atoms with E-state index in [2.05, 4.69) is 11.0 Å². The number of carbonyl (C=O) groups is 1. The molecule has 1 atom stereocenters. The lowest BCUT2D eigenvalue weighted by molar-refractivity contribution is -0.903. The Hall–Kier alpha value is -2.28. The zero-order chi connectivity index (χ0) is 20.8. The molecule has 1 saturated heterocycles. The van der Waals surface area contributed by atoms with Gasteiger partial charge in [0.2, 0.25) is 0 Å². The first-order chi connectivity index (χ1) is 14.0. The molecule has 0 radical (unpaired) electrons. The number of carbonyl (C=O) groups excluding carboxylic acids is 1. The average molecular weight is 420 g/mol. The van der Waals surface area contributed by atoms with Gasteiger partial charge in [0.05, 0.1) is 33.3 Å². The summed E-state index contributed by atoms with van der Waals surface area (Å²) in [4.78, 5) is 15.2. The number of aliphatic hydroxyl groups excluding tert-OH is 1. The molecule has 1 aliphatic heterocycles. The first kappa shape index (κ1) is 21.4. The summed E-state index contributed by atoms with van der Waals surface area (Å²) in [6.07, 6.45) is -0.583. The summed E-state index contributed by atoms with van der Waals surface area (Å²) in [5, 5.41) is 11.2. The molecular weight excluding hydrogens is 392 g/mol. The molecule has 29 heavy (non-hydrogen) atoms. The molecule has 1 aliphatic rings. The van der Waals surface area contributed by atoms with Crippen LogP contribution < -0.4 is 19.3 Å². The van der Waals surface area contributed by atoms with Crippen LogP contribution in [0.4, 0.5) is 5.69 Å². The number of hydrogen-bond donors (Lipinski definition) is 2. The van der Waals surface area contributed by atoms with Crippen molar-refractivity contribution in [1.82, 2.24) is 0 Å². The minimum atomic E-state index is -0.583. The molecule has 1 fully saturated rings. The molecule has 0 unspecified atom stereocenters. The van der Waals surface area contributed by atoms with E-state index in [0.717, 1.165) is 36.9 Å². The van der Waals surface area contributed by atoms with Gasteiger partial charge in [-0.25, -0.2) is 0 Å².